The van der Waals surface area contributed by atoms with Crippen LogP contribution >= 0.6 is 11.6 Å². The Hall–Kier alpha value is -2.20. The third kappa shape index (κ3) is 4.99. The number of rotatable bonds is 6. The largest absolute Gasteiger partial charge is 0.379 e. The number of hydrogen-bond donors (Lipinski definition) is 2. The summed E-state index contributed by atoms with van der Waals surface area (Å²) in [5.74, 6) is -0.990. The average Bonchev–Trinajstić information content (AvgIpc) is 2.69. The molecule has 0 saturated carbocycles. The third-order valence-corrected chi connectivity index (χ3v) is 6.22. The molecular weight excluding hydrogens is 409 g/mol. The molecule has 150 valence electrons. The number of ether oxygens (including phenoxy) is 1. The first-order valence-electron chi connectivity index (χ1n) is 8.53. The van der Waals surface area contributed by atoms with E-state index in [0.29, 0.717) is 23.9 Å². The number of nitrogens with one attached hydrogen (secondary N) is 2. The third-order valence-electron chi connectivity index (χ3n) is 4.09. The molecule has 0 atom stereocenters. The minimum absolute atomic E-state index is 0.0843. The highest BCUT2D eigenvalue weighted by Gasteiger charge is 2.26. The Balaban J connectivity index is 1.65. The molecule has 2 aromatic rings. The van der Waals surface area contributed by atoms with Crippen molar-refractivity contribution in [2.24, 2.45) is 0 Å². The van der Waals surface area contributed by atoms with Gasteiger partial charge in [-0.05, 0) is 36.4 Å². The van der Waals surface area contributed by atoms with Gasteiger partial charge in [0, 0.05) is 23.8 Å². The Bertz CT molecular complexity index is 965. The molecule has 2 N–H and O–H groups in total. The first kappa shape index (κ1) is 20.5. The fourth-order valence-corrected chi connectivity index (χ4v) is 4.31. The highest BCUT2D eigenvalue weighted by Crippen LogP contribution is 2.21. The van der Waals surface area contributed by atoms with Gasteiger partial charge in [0.2, 0.25) is 15.9 Å². The van der Waals surface area contributed by atoms with E-state index in [4.69, 9.17) is 16.3 Å². The van der Waals surface area contributed by atoms with Crippen LogP contribution in [-0.2, 0) is 19.6 Å². The maximum Gasteiger partial charge on any atom is 0.243 e. The lowest BCUT2D eigenvalue weighted by Gasteiger charge is -2.26. The van der Waals surface area contributed by atoms with Gasteiger partial charge in [-0.15, -0.1) is 0 Å². The number of carbonyl (C=O) groups excluding carboxylic acids is 1. The predicted molar refractivity (Wildman–Crippen MR) is 105 cm³/mol. The van der Waals surface area contributed by atoms with Crippen molar-refractivity contribution in [1.82, 2.24) is 4.31 Å². The monoisotopic (exact) mass is 427 g/mol. The first-order valence-corrected chi connectivity index (χ1v) is 10.3. The summed E-state index contributed by atoms with van der Waals surface area (Å²) in [4.78, 5) is 12.2. The molecule has 1 heterocycles. The normalized spacial score (nSPS) is 15.2. The Labute approximate surface area is 167 Å². The quantitative estimate of drug-likeness (QED) is 0.739. The molecule has 0 aliphatic carbocycles. The van der Waals surface area contributed by atoms with Crippen molar-refractivity contribution in [3.05, 3.63) is 53.3 Å². The highest BCUT2D eigenvalue weighted by molar-refractivity contribution is 7.89. The molecule has 1 aliphatic heterocycles. The van der Waals surface area contributed by atoms with E-state index >= 15 is 0 Å². The number of halogens is 2. The predicted octanol–water partition coefficient (Wildman–Crippen LogP) is 2.55. The van der Waals surface area contributed by atoms with Crippen LogP contribution in [0, 0.1) is 5.82 Å². The SMILES string of the molecule is O=C(CNc1cc(Cl)ccc1F)Nc1cccc(S(=O)(=O)N2CCOCC2)c1. The molecule has 1 amide bonds. The van der Waals surface area contributed by atoms with E-state index in [0.717, 1.165) is 0 Å². The zero-order valence-corrected chi connectivity index (χ0v) is 16.4. The van der Waals surface area contributed by atoms with Gasteiger partial charge in [0.1, 0.15) is 5.82 Å². The zero-order chi connectivity index (χ0) is 20.1. The smallest absolute Gasteiger partial charge is 0.243 e. The van der Waals surface area contributed by atoms with Gasteiger partial charge in [-0.3, -0.25) is 4.79 Å². The van der Waals surface area contributed by atoms with E-state index in [1.54, 1.807) is 12.1 Å². The molecule has 0 radical (unpaired) electrons. The molecule has 0 aromatic heterocycles. The Kier molecular flexibility index (Phi) is 6.50. The summed E-state index contributed by atoms with van der Waals surface area (Å²) in [7, 11) is -3.66. The van der Waals surface area contributed by atoms with Crippen LogP contribution in [-0.4, -0.2) is 51.5 Å². The van der Waals surface area contributed by atoms with Gasteiger partial charge in [0.15, 0.2) is 0 Å². The van der Waals surface area contributed by atoms with Gasteiger partial charge in [-0.1, -0.05) is 17.7 Å². The van der Waals surface area contributed by atoms with Crippen molar-refractivity contribution in [3.8, 4) is 0 Å². The second-order valence-corrected chi connectivity index (χ2v) is 8.44. The van der Waals surface area contributed by atoms with Crippen LogP contribution in [0.3, 0.4) is 0 Å². The summed E-state index contributed by atoms with van der Waals surface area (Å²) in [5.41, 5.74) is 0.430. The number of sulfonamides is 1. The van der Waals surface area contributed by atoms with Gasteiger partial charge in [0.25, 0.3) is 0 Å². The van der Waals surface area contributed by atoms with E-state index in [-0.39, 0.29) is 30.2 Å². The summed E-state index contributed by atoms with van der Waals surface area (Å²) in [6, 6.07) is 9.97. The minimum Gasteiger partial charge on any atom is -0.379 e. The Morgan fingerprint density at radius 1 is 1.18 bits per heavy atom. The topological polar surface area (TPSA) is 87.7 Å². The molecule has 1 fully saturated rings. The van der Waals surface area contributed by atoms with Crippen molar-refractivity contribution in [1.29, 1.82) is 0 Å². The average molecular weight is 428 g/mol. The molecule has 2 aromatic carbocycles. The van der Waals surface area contributed by atoms with E-state index < -0.39 is 21.7 Å². The second kappa shape index (κ2) is 8.87. The van der Waals surface area contributed by atoms with Gasteiger partial charge >= 0.3 is 0 Å². The zero-order valence-electron chi connectivity index (χ0n) is 14.8. The Morgan fingerprint density at radius 2 is 1.93 bits per heavy atom. The van der Waals surface area contributed by atoms with Crippen molar-refractivity contribution >= 4 is 38.9 Å². The van der Waals surface area contributed by atoms with E-state index in [1.807, 2.05) is 0 Å². The lowest BCUT2D eigenvalue weighted by atomic mass is 10.3. The molecule has 1 aliphatic rings. The summed E-state index contributed by atoms with van der Waals surface area (Å²) < 4.78 is 45.6. The highest BCUT2D eigenvalue weighted by atomic mass is 35.5. The number of carbonyl (C=O) groups is 1. The molecule has 1 saturated heterocycles. The number of nitrogens with zero attached hydrogens (tertiary/aromatic N) is 1. The maximum atomic E-state index is 13.7. The van der Waals surface area contributed by atoms with Crippen LogP contribution in [0.15, 0.2) is 47.4 Å². The van der Waals surface area contributed by atoms with E-state index in [2.05, 4.69) is 10.6 Å². The van der Waals surface area contributed by atoms with Crippen molar-refractivity contribution in [2.75, 3.05) is 43.5 Å². The summed E-state index contributed by atoms with van der Waals surface area (Å²) >= 11 is 5.81. The van der Waals surface area contributed by atoms with Crippen LogP contribution in [0.25, 0.3) is 0 Å². The van der Waals surface area contributed by atoms with Crippen LogP contribution in [0.4, 0.5) is 15.8 Å². The molecule has 7 nitrogen and oxygen atoms in total. The molecular formula is C18H19ClFN3O4S. The Morgan fingerprint density at radius 3 is 2.68 bits per heavy atom. The first-order chi connectivity index (χ1) is 13.4. The van der Waals surface area contributed by atoms with Crippen molar-refractivity contribution in [2.45, 2.75) is 4.90 Å². The molecule has 28 heavy (non-hydrogen) atoms. The van der Waals surface area contributed by atoms with Crippen molar-refractivity contribution in [3.63, 3.8) is 0 Å². The summed E-state index contributed by atoms with van der Waals surface area (Å²) in [6.07, 6.45) is 0. The number of amides is 1. The van der Waals surface area contributed by atoms with Gasteiger partial charge in [-0.2, -0.15) is 4.31 Å². The van der Waals surface area contributed by atoms with Gasteiger partial charge < -0.3 is 15.4 Å². The summed E-state index contributed by atoms with van der Waals surface area (Å²) in [6.45, 7) is 1.06. The van der Waals surface area contributed by atoms with Crippen LogP contribution in [0.2, 0.25) is 5.02 Å². The van der Waals surface area contributed by atoms with Gasteiger partial charge in [0.05, 0.1) is 30.3 Å². The fraction of sp³-hybridized carbons (Fsp3) is 0.278. The van der Waals surface area contributed by atoms with E-state index in [1.165, 1.54) is 34.6 Å². The standard InChI is InChI=1S/C18H19ClFN3O4S/c19-13-4-5-16(20)17(10-13)21-12-18(24)22-14-2-1-3-15(11-14)28(25,26)23-6-8-27-9-7-23/h1-5,10-11,21H,6-9,12H2,(H,22,24). The molecule has 0 bridgehead atoms. The van der Waals surface area contributed by atoms with Crippen LogP contribution in [0.1, 0.15) is 0 Å². The molecule has 0 unspecified atom stereocenters. The minimum atomic E-state index is -3.66. The second-order valence-electron chi connectivity index (χ2n) is 6.07. The molecule has 10 heteroatoms. The number of hydrogen-bond acceptors (Lipinski definition) is 5. The van der Waals surface area contributed by atoms with E-state index in [9.17, 15) is 17.6 Å². The number of anilines is 2. The fourth-order valence-electron chi connectivity index (χ4n) is 2.68. The maximum absolute atomic E-state index is 13.7. The van der Waals surface area contributed by atoms with Crippen LogP contribution in [0.5, 0.6) is 0 Å². The van der Waals surface area contributed by atoms with Crippen molar-refractivity contribution < 1.29 is 22.3 Å². The number of benzene rings is 2. The molecule has 0 spiro atoms. The number of morpholine rings is 1. The lowest BCUT2D eigenvalue weighted by molar-refractivity contribution is -0.114. The summed E-state index contributed by atoms with van der Waals surface area (Å²) in [5, 5.41) is 5.59. The molecule has 3 rings (SSSR count). The lowest BCUT2D eigenvalue weighted by Crippen LogP contribution is -2.40. The van der Waals surface area contributed by atoms with Gasteiger partial charge in [-0.25, -0.2) is 12.8 Å². The van der Waals surface area contributed by atoms with Crippen LogP contribution < -0.4 is 10.6 Å².